The van der Waals surface area contributed by atoms with Crippen LogP contribution in [-0.2, 0) is 11.3 Å². The first-order chi connectivity index (χ1) is 9.15. The van der Waals surface area contributed by atoms with Gasteiger partial charge in [-0.05, 0) is 19.2 Å². The van der Waals surface area contributed by atoms with Crippen LogP contribution in [0.15, 0.2) is 18.2 Å². The highest BCUT2D eigenvalue weighted by Crippen LogP contribution is 2.26. The first-order valence-electron chi connectivity index (χ1n) is 6.35. The second kappa shape index (κ2) is 5.00. The zero-order valence-corrected chi connectivity index (χ0v) is 11.6. The van der Waals surface area contributed by atoms with Crippen molar-refractivity contribution >= 4 is 28.6 Å². The van der Waals surface area contributed by atoms with E-state index in [1.165, 1.54) is 0 Å². The normalized spacial score (nSPS) is 21.1. The maximum atomic E-state index is 6.25. The van der Waals surface area contributed by atoms with Crippen molar-refractivity contribution in [2.75, 3.05) is 32.5 Å². The number of hydrogen-bond donors (Lipinski definition) is 1. The van der Waals surface area contributed by atoms with Crippen LogP contribution in [0.4, 0.5) is 5.95 Å². The number of fused-ring (bicyclic) bond motifs is 1. The van der Waals surface area contributed by atoms with E-state index in [1.807, 2.05) is 22.8 Å². The molecule has 1 atom stereocenters. The van der Waals surface area contributed by atoms with Gasteiger partial charge < -0.3 is 19.9 Å². The zero-order chi connectivity index (χ0) is 13.4. The number of aromatic nitrogens is 2. The highest BCUT2D eigenvalue weighted by atomic mass is 35.5. The van der Waals surface area contributed by atoms with Crippen LogP contribution in [0.25, 0.3) is 11.0 Å². The lowest BCUT2D eigenvalue weighted by atomic mass is 10.2. The van der Waals surface area contributed by atoms with Crippen molar-refractivity contribution in [3.05, 3.63) is 23.2 Å². The van der Waals surface area contributed by atoms with Crippen LogP contribution in [-0.4, -0.2) is 47.3 Å². The number of morpholine rings is 1. The van der Waals surface area contributed by atoms with Gasteiger partial charge in [-0.1, -0.05) is 17.7 Å². The molecule has 19 heavy (non-hydrogen) atoms. The molecule has 0 aliphatic carbocycles. The van der Waals surface area contributed by atoms with E-state index >= 15 is 0 Å². The van der Waals surface area contributed by atoms with Gasteiger partial charge in [-0.25, -0.2) is 4.98 Å². The molecular weight excluding hydrogens is 264 g/mol. The standard InChI is InChI=1S/C13H17ClN4O/c1-17-5-6-19-9(7-17)8-18-12-10(14)3-2-4-11(12)16-13(18)15/h2-4,9H,5-8H2,1H3,(H2,15,16). The Kier molecular flexibility index (Phi) is 3.35. The van der Waals surface area contributed by atoms with Gasteiger partial charge in [0.25, 0.3) is 0 Å². The third kappa shape index (κ3) is 2.41. The fourth-order valence-corrected chi connectivity index (χ4v) is 2.80. The van der Waals surface area contributed by atoms with Crippen LogP contribution < -0.4 is 5.73 Å². The minimum absolute atomic E-state index is 0.120. The van der Waals surface area contributed by atoms with E-state index in [9.17, 15) is 0 Å². The van der Waals surface area contributed by atoms with Gasteiger partial charge in [0, 0.05) is 13.1 Å². The number of nitrogen functional groups attached to an aromatic ring is 1. The second-order valence-electron chi connectivity index (χ2n) is 4.94. The number of imidazole rings is 1. The molecule has 2 heterocycles. The molecule has 1 aliphatic heterocycles. The molecule has 1 aromatic heterocycles. The monoisotopic (exact) mass is 280 g/mol. The number of nitrogens with two attached hydrogens (primary N) is 1. The van der Waals surface area contributed by atoms with Crippen LogP contribution in [0.5, 0.6) is 0 Å². The Labute approximate surface area is 116 Å². The fraction of sp³-hybridized carbons (Fsp3) is 0.462. The summed E-state index contributed by atoms with van der Waals surface area (Å²) < 4.78 is 7.72. The van der Waals surface area contributed by atoms with Crippen molar-refractivity contribution in [3.63, 3.8) is 0 Å². The Morgan fingerprint density at radius 3 is 3.16 bits per heavy atom. The van der Waals surface area contributed by atoms with Crippen molar-refractivity contribution in [2.24, 2.45) is 0 Å². The first-order valence-corrected chi connectivity index (χ1v) is 6.73. The average molecular weight is 281 g/mol. The minimum Gasteiger partial charge on any atom is -0.374 e. The van der Waals surface area contributed by atoms with Crippen LogP contribution in [0.3, 0.4) is 0 Å². The molecule has 0 amide bonds. The molecule has 0 bridgehead atoms. The highest BCUT2D eigenvalue weighted by molar-refractivity contribution is 6.35. The van der Waals surface area contributed by atoms with Gasteiger partial charge in [0.05, 0.1) is 35.3 Å². The number of para-hydroxylation sites is 1. The summed E-state index contributed by atoms with van der Waals surface area (Å²) >= 11 is 6.25. The van der Waals surface area contributed by atoms with Crippen molar-refractivity contribution in [2.45, 2.75) is 12.6 Å². The lowest BCUT2D eigenvalue weighted by molar-refractivity contribution is -0.0266. The summed E-state index contributed by atoms with van der Waals surface area (Å²) in [5.74, 6) is 0.486. The maximum absolute atomic E-state index is 6.25. The lowest BCUT2D eigenvalue weighted by Gasteiger charge is -2.30. The molecular formula is C13H17ClN4O. The number of ether oxygens (including phenoxy) is 1. The van der Waals surface area contributed by atoms with E-state index in [-0.39, 0.29) is 6.10 Å². The molecule has 1 saturated heterocycles. The zero-order valence-electron chi connectivity index (χ0n) is 10.8. The molecule has 0 spiro atoms. The average Bonchev–Trinajstić information content (AvgIpc) is 2.67. The molecule has 5 nitrogen and oxygen atoms in total. The smallest absolute Gasteiger partial charge is 0.201 e. The van der Waals surface area contributed by atoms with Gasteiger partial charge in [0.2, 0.25) is 5.95 Å². The summed E-state index contributed by atoms with van der Waals surface area (Å²) in [6, 6.07) is 5.66. The largest absolute Gasteiger partial charge is 0.374 e. The SMILES string of the molecule is CN1CCOC(Cn2c(N)nc3cccc(Cl)c32)C1. The summed E-state index contributed by atoms with van der Waals surface area (Å²) in [6.07, 6.45) is 0.120. The van der Waals surface area contributed by atoms with Crippen LogP contribution in [0.2, 0.25) is 5.02 Å². The second-order valence-corrected chi connectivity index (χ2v) is 5.35. The van der Waals surface area contributed by atoms with Crippen LogP contribution >= 0.6 is 11.6 Å². The van der Waals surface area contributed by atoms with Gasteiger partial charge in [-0.3, -0.25) is 0 Å². The topological polar surface area (TPSA) is 56.3 Å². The number of likely N-dealkylation sites (N-methyl/N-ethyl adjacent to an activating group) is 1. The molecule has 102 valence electrons. The molecule has 1 unspecified atom stereocenters. The number of nitrogens with zero attached hydrogens (tertiary/aromatic N) is 3. The molecule has 0 saturated carbocycles. The molecule has 1 aliphatic rings. The fourth-order valence-electron chi connectivity index (χ4n) is 2.53. The van der Waals surface area contributed by atoms with Crippen LogP contribution in [0, 0.1) is 0 Å². The highest BCUT2D eigenvalue weighted by Gasteiger charge is 2.21. The van der Waals surface area contributed by atoms with E-state index in [4.69, 9.17) is 22.1 Å². The molecule has 0 radical (unpaired) electrons. The number of rotatable bonds is 2. The van der Waals surface area contributed by atoms with E-state index in [2.05, 4.69) is 16.9 Å². The van der Waals surface area contributed by atoms with Crippen LogP contribution in [0.1, 0.15) is 0 Å². The van der Waals surface area contributed by atoms with E-state index in [0.717, 1.165) is 30.7 Å². The minimum atomic E-state index is 0.120. The maximum Gasteiger partial charge on any atom is 0.201 e. The summed E-state index contributed by atoms with van der Waals surface area (Å²) in [4.78, 5) is 6.60. The quantitative estimate of drug-likeness (QED) is 0.908. The van der Waals surface area contributed by atoms with E-state index < -0.39 is 0 Å². The Hall–Kier alpha value is -1.30. The summed E-state index contributed by atoms with van der Waals surface area (Å²) in [5, 5.41) is 0.672. The molecule has 6 heteroatoms. The van der Waals surface area contributed by atoms with Gasteiger partial charge in [-0.15, -0.1) is 0 Å². The van der Waals surface area contributed by atoms with E-state index in [1.54, 1.807) is 0 Å². The molecule has 1 aromatic carbocycles. The third-order valence-electron chi connectivity index (χ3n) is 3.48. The number of hydrogen-bond acceptors (Lipinski definition) is 4. The number of benzene rings is 1. The van der Waals surface area contributed by atoms with Crippen molar-refractivity contribution < 1.29 is 4.74 Å². The predicted molar refractivity (Wildman–Crippen MR) is 76.4 cm³/mol. The number of anilines is 1. The Morgan fingerprint density at radius 1 is 1.53 bits per heavy atom. The Morgan fingerprint density at radius 2 is 2.37 bits per heavy atom. The van der Waals surface area contributed by atoms with Gasteiger partial charge >= 0.3 is 0 Å². The predicted octanol–water partition coefficient (Wildman–Crippen LogP) is 1.60. The molecule has 2 N–H and O–H groups in total. The first kappa shape index (κ1) is 12.7. The van der Waals surface area contributed by atoms with Gasteiger partial charge in [-0.2, -0.15) is 0 Å². The molecule has 3 rings (SSSR count). The van der Waals surface area contributed by atoms with Gasteiger partial charge in [0.15, 0.2) is 0 Å². The van der Waals surface area contributed by atoms with E-state index in [0.29, 0.717) is 17.5 Å². The lowest BCUT2D eigenvalue weighted by Crippen LogP contribution is -2.42. The Balaban J connectivity index is 1.94. The van der Waals surface area contributed by atoms with Crippen molar-refractivity contribution in [3.8, 4) is 0 Å². The summed E-state index contributed by atoms with van der Waals surface area (Å²) in [7, 11) is 2.10. The molecule has 2 aromatic rings. The Bertz CT molecular complexity index is 598. The number of halogens is 1. The molecule has 1 fully saturated rings. The summed E-state index contributed by atoms with van der Waals surface area (Å²) in [5.41, 5.74) is 7.71. The summed E-state index contributed by atoms with van der Waals surface area (Å²) in [6.45, 7) is 3.29. The van der Waals surface area contributed by atoms with Gasteiger partial charge in [0.1, 0.15) is 0 Å². The third-order valence-corrected chi connectivity index (χ3v) is 3.78. The van der Waals surface area contributed by atoms with Crippen molar-refractivity contribution in [1.82, 2.24) is 14.5 Å². The van der Waals surface area contributed by atoms with Crippen molar-refractivity contribution in [1.29, 1.82) is 0 Å².